The maximum absolute atomic E-state index is 14.3. The largest absolute Gasteiger partial charge is 0.514 e. The van der Waals surface area contributed by atoms with Gasteiger partial charge in [-0.1, -0.05) is 32.9 Å². The Morgan fingerprint density at radius 3 is 2.33 bits per heavy atom. The fourth-order valence-electron chi connectivity index (χ4n) is 10.2. The van der Waals surface area contributed by atoms with E-state index < -0.39 is 66.1 Å². The Morgan fingerprint density at radius 1 is 0.889 bits per heavy atom. The van der Waals surface area contributed by atoms with Crippen LogP contribution < -0.4 is 26.2 Å². The molecule has 4 aliphatic rings. The van der Waals surface area contributed by atoms with Crippen LogP contribution in [0.3, 0.4) is 0 Å². The number of hydrogen-bond donors (Lipinski definition) is 3. The number of nitrogens with one attached hydrogen (secondary N) is 3. The van der Waals surface area contributed by atoms with E-state index in [1.807, 2.05) is 6.92 Å². The highest BCUT2D eigenvalue weighted by atomic mass is 16.7. The standard InChI is InChI=1S/C56H69N9O16/c1-8-37-38-22-36(79-54(74)80-55(5,6)7)14-15-42(38)60-49-39(37)27-64-44(49)23-41-40(51(64)71)28-77-52(72)56(41,9-2)81-53(73)78-29-43(32(3)4)59-46(67)31-76-30-45(66)57-18-20-75-21-19-63-26-35(61-62-63)24-58-50(70)34-12-10-33(11-13-34)25-65-47(68)16-17-48(65)69/h14-17,22-23,26,32-34,43H,8-13,18-21,24-25,27-31H2,1-7H3,(H,57,66)(H,58,70)(H,59,67). The van der Waals surface area contributed by atoms with E-state index in [0.29, 0.717) is 55.0 Å². The lowest BCUT2D eigenvalue weighted by molar-refractivity contribution is -0.175. The zero-order valence-corrected chi connectivity index (χ0v) is 46.6. The normalized spacial score (nSPS) is 18.7. The third-order valence-corrected chi connectivity index (χ3v) is 14.6. The number of esters is 1. The first-order valence-corrected chi connectivity index (χ1v) is 27.3. The molecule has 3 N–H and O–H groups in total. The molecule has 1 fully saturated rings. The molecule has 434 valence electrons. The zero-order valence-electron chi connectivity index (χ0n) is 46.6. The van der Waals surface area contributed by atoms with E-state index in [1.54, 1.807) is 81.3 Å². The summed E-state index contributed by atoms with van der Waals surface area (Å²) in [5, 5.41) is 17.2. The number of aromatic nitrogens is 5. The third-order valence-electron chi connectivity index (χ3n) is 14.6. The van der Waals surface area contributed by atoms with Crippen LogP contribution in [0.1, 0.15) is 109 Å². The second-order valence-electron chi connectivity index (χ2n) is 21.7. The summed E-state index contributed by atoms with van der Waals surface area (Å²) in [6.45, 7) is 12.5. The van der Waals surface area contributed by atoms with Crippen LogP contribution in [0.15, 0.2) is 47.4 Å². The van der Waals surface area contributed by atoms with Crippen molar-refractivity contribution >= 4 is 58.7 Å². The lowest BCUT2D eigenvalue weighted by Crippen LogP contribution is -2.48. The summed E-state index contributed by atoms with van der Waals surface area (Å²) in [5.41, 5.74) is 0.711. The van der Waals surface area contributed by atoms with Crippen molar-refractivity contribution in [2.75, 3.05) is 46.1 Å². The smallest absolute Gasteiger partial charge is 0.457 e. The van der Waals surface area contributed by atoms with Crippen molar-refractivity contribution in [2.45, 2.75) is 130 Å². The van der Waals surface area contributed by atoms with Crippen LogP contribution in [-0.4, -0.2) is 135 Å². The van der Waals surface area contributed by atoms with Gasteiger partial charge in [-0.25, -0.2) is 24.0 Å². The Morgan fingerprint density at radius 2 is 1.63 bits per heavy atom. The van der Waals surface area contributed by atoms with Gasteiger partial charge in [0.15, 0.2) is 0 Å². The maximum atomic E-state index is 14.3. The molecule has 1 aliphatic carbocycles. The summed E-state index contributed by atoms with van der Waals surface area (Å²) in [6.07, 6.45) is 5.44. The fraction of sp³-hybridized carbons (Fsp3) is 0.536. The molecule has 0 bridgehead atoms. The van der Waals surface area contributed by atoms with Crippen molar-refractivity contribution in [3.63, 3.8) is 0 Å². The van der Waals surface area contributed by atoms with Gasteiger partial charge in [0, 0.05) is 47.7 Å². The van der Waals surface area contributed by atoms with Gasteiger partial charge < -0.3 is 53.7 Å². The highest BCUT2D eigenvalue weighted by molar-refractivity contribution is 6.12. The molecule has 0 spiro atoms. The van der Waals surface area contributed by atoms with Crippen LogP contribution >= 0.6 is 0 Å². The van der Waals surface area contributed by atoms with E-state index in [-0.39, 0.29) is 105 Å². The predicted molar refractivity (Wildman–Crippen MR) is 286 cm³/mol. The van der Waals surface area contributed by atoms with Gasteiger partial charge in [0.2, 0.25) is 23.3 Å². The molecular formula is C56H69N9O16. The number of rotatable bonds is 23. The minimum atomic E-state index is -2.06. The van der Waals surface area contributed by atoms with Gasteiger partial charge in [0.05, 0.1) is 67.6 Å². The van der Waals surface area contributed by atoms with Crippen molar-refractivity contribution in [2.24, 2.45) is 17.8 Å². The molecule has 3 aliphatic heterocycles. The van der Waals surface area contributed by atoms with Crippen LogP contribution in [0.4, 0.5) is 9.59 Å². The first-order valence-electron chi connectivity index (χ1n) is 27.3. The van der Waals surface area contributed by atoms with Crippen LogP contribution in [0, 0.1) is 17.8 Å². The molecule has 1 saturated carbocycles. The maximum Gasteiger partial charge on any atom is 0.514 e. The predicted octanol–water partition coefficient (Wildman–Crippen LogP) is 4.05. The topological polar surface area (TPSA) is 306 Å². The van der Waals surface area contributed by atoms with Gasteiger partial charge in [0.25, 0.3) is 17.4 Å². The Balaban J connectivity index is 0.747. The molecular weight excluding hydrogens is 1050 g/mol. The number of carbonyl (C=O) groups is 8. The number of fused-ring (bicyclic) bond motifs is 5. The molecule has 8 rings (SSSR count). The summed E-state index contributed by atoms with van der Waals surface area (Å²) < 4.78 is 41.7. The molecule has 0 saturated heterocycles. The SMILES string of the molecule is CCc1c2c(nc3ccc(OC(=O)OC(C)(C)C)cc13)-c1cc3c(c(=O)n1C2)COC(=O)C3(CC)OC(=O)OCC(NC(=O)COCC(=O)NCCOCCn1cc(CNC(=O)C2CCC(CN3C(=O)C=CC3=O)CC2)nn1)C(C)C. The average molecular weight is 1120 g/mol. The number of imide groups is 1. The number of carbonyl (C=O) groups excluding carboxylic acids is 8. The highest BCUT2D eigenvalue weighted by Crippen LogP contribution is 2.43. The molecule has 2 unspecified atom stereocenters. The molecule has 25 heteroatoms. The number of cyclic esters (lactones) is 1. The van der Waals surface area contributed by atoms with E-state index in [0.717, 1.165) is 29.4 Å². The van der Waals surface area contributed by atoms with Gasteiger partial charge in [0.1, 0.15) is 43.5 Å². The fourth-order valence-corrected chi connectivity index (χ4v) is 10.2. The number of benzene rings is 1. The first kappa shape index (κ1) is 59.1. The van der Waals surface area contributed by atoms with Crippen molar-refractivity contribution in [3.8, 4) is 17.1 Å². The van der Waals surface area contributed by atoms with Crippen molar-refractivity contribution in [1.82, 2.24) is 45.4 Å². The number of ether oxygens (including phenoxy) is 7. The summed E-state index contributed by atoms with van der Waals surface area (Å²) in [4.78, 5) is 122. The molecule has 81 heavy (non-hydrogen) atoms. The quantitative estimate of drug-likeness (QED) is 0.0273. The molecule has 1 aromatic carbocycles. The first-order chi connectivity index (χ1) is 38.7. The monoisotopic (exact) mass is 1120 g/mol. The Labute approximate surface area is 466 Å². The average Bonchev–Trinajstić information content (AvgIpc) is 4.36. The number of amides is 5. The van der Waals surface area contributed by atoms with Crippen molar-refractivity contribution < 1.29 is 71.5 Å². The molecule has 5 amide bonds. The van der Waals surface area contributed by atoms with Crippen molar-refractivity contribution in [1.29, 1.82) is 0 Å². The number of pyridine rings is 2. The summed E-state index contributed by atoms with van der Waals surface area (Å²) in [6, 6.07) is 5.91. The van der Waals surface area contributed by atoms with Gasteiger partial charge in [-0.2, -0.15) is 0 Å². The van der Waals surface area contributed by atoms with E-state index in [1.165, 1.54) is 17.1 Å². The minimum Gasteiger partial charge on any atom is -0.457 e. The van der Waals surface area contributed by atoms with Gasteiger partial charge >= 0.3 is 18.3 Å². The Hall–Kier alpha value is -8.06. The summed E-state index contributed by atoms with van der Waals surface area (Å²) in [5.74, 6) is -2.60. The van der Waals surface area contributed by atoms with Crippen LogP contribution in [0.2, 0.25) is 0 Å². The minimum absolute atomic E-state index is 0.0739. The Bertz CT molecular complexity index is 3150. The zero-order chi connectivity index (χ0) is 58.2. The molecule has 2 atom stereocenters. The third kappa shape index (κ3) is 14.1. The number of hydrogen-bond acceptors (Lipinski definition) is 19. The Kier molecular flexibility index (Phi) is 18.7. The molecule has 6 heterocycles. The lowest BCUT2D eigenvalue weighted by atomic mass is 9.81. The molecule has 0 radical (unpaired) electrons. The lowest BCUT2D eigenvalue weighted by Gasteiger charge is -2.35. The van der Waals surface area contributed by atoms with Gasteiger partial charge in [-0.15, -0.1) is 5.10 Å². The summed E-state index contributed by atoms with van der Waals surface area (Å²) in [7, 11) is 0. The van der Waals surface area contributed by atoms with Gasteiger partial charge in [-0.3, -0.25) is 33.7 Å². The summed E-state index contributed by atoms with van der Waals surface area (Å²) >= 11 is 0. The van der Waals surface area contributed by atoms with Gasteiger partial charge in [-0.05, 0) is 101 Å². The van der Waals surface area contributed by atoms with E-state index >= 15 is 0 Å². The van der Waals surface area contributed by atoms with Crippen LogP contribution in [-0.2, 0) is 95.5 Å². The molecule has 4 aromatic rings. The molecule has 3 aromatic heterocycles. The van der Waals surface area contributed by atoms with E-state index in [9.17, 15) is 43.2 Å². The highest BCUT2D eigenvalue weighted by Gasteiger charge is 2.51. The van der Waals surface area contributed by atoms with E-state index in [4.69, 9.17) is 38.1 Å². The van der Waals surface area contributed by atoms with Crippen molar-refractivity contribution in [3.05, 3.63) is 80.9 Å². The van der Waals surface area contributed by atoms with Crippen LogP contribution in [0.25, 0.3) is 22.3 Å². The van der Waals surface area contributed by atoms with E-state index in [2.05, 4.69) is 26.3 Å². The second kappa shape index (κ2) is 25.6. The number of aryl methyl sites for hydroxylation is 1. The second-order valence-corrected chi connectivity index (χ2v) is 21.7. The number of nitrogens with zero attached hydrogens (tertiary/aromatic N) is 6. The van der Waals surface area contributed by atoms with Crippen LogP contribution in [0.5, 0.6) is 5.75 Å². The molecule has 25 nitrogen and oxygen atoms in total.